The van der Waals surface area contributed by atoms with Gasteiger partial charge in [-0.1, -0.05) is 29.3 Å². The number of nitrogens with zero attached hydrogens (tertiary/aromatic N) is 6. The lowest BCUT2D eigenvalue weighted by Crippen LogP contribution is -2.09. The first-order chi connectivity index (χ1) is 12.0. The lowest BCUT2D eigenvalue weighted by molar-refractivity contribution is 0.760. The van der Waals surface area contributed by atoms with Crippen molar-refractivity contribution in [3.05, 3.63) is 52.4 Å². The number of rotatable bonds is 3. The molecule has 4 rings (SSSR count). The van der Waals surface area contributed by atoms with Gasteiger partial charge in [0.25, 0.3) is 0 Å². The number of benzene rings is 1. The van der Waals surface area contributed by atoms with Crippen LogP contribution in [0.4, 0.5) is 5.82 Å². The lowest BCUT2D eigenvalue weighted by atomic mass is 10.2. The number of aromatic nitrogens is 6. The van der Waals surface area contributed by atoms with Gasteiger partial charge in [0.15, 0.2) is 23.2 Å². The highest BCUT2D eigenvalue weighted by molar-refractivity contribution is 6.35. The number of imidazole rings is 1. The van der Waals surface area contributed by atoms with E-state index in [1.165, 1.54) is 0 Å². The Hall–Kier alpha value is -2.64. The van der Waals surface area contributed by atoms with Crippen LogP contribution < -0.4 is 5.73 Å². The van der Waals surface area contributed by atoms with Crippen LogP contribution in [-0.4, -0.2) is 29.3 Å². The Morgan fingerprint density at radius 1 is 1.12 bits per heavy atom. The summed E-state index contributed by atoms with van der Waals surface area (Å²) in [5.74, 6) is 1.46. The van der Waals surface area contributed by atoms with Crippen molar-refractivity contribution in [1.29, 1.82) is 0 Å². The molecule has 0 saturated carbocycles. The lowest BCUT2D eigenvalue weighted by Gasteiger charge is -2.13. The minimum Gasteiger partial charge on any atom is -0.382 e. The molecular weight excluding hydrogens is 361 g/mol. The third-order valence-corrected chi connectivity index (χ3v) is 4.64. The van der Waals surface area contributed by atoms with Crippen molar-refractivity contribution in [2.45, 2.75) is 6.54 Å². The van der Waals surface area contributed by atoms with Crippen LogP contribution >= 0.6 is 23.2 Å². The standard InChI is InChI=1S/C16H13Cl2N7/c1-24-12(5-6-21-24)15-22-13-14(19)20-8-25(16(13)23-15)7-9-10(17)3-2-4-11(9)18/h2-6,8H,7,19H2,1H3. The highest BCUT2D eigenvalue weighted by Crippen LogP contribution is 2.30. The van der Waals surface area contributed by atoms with E-state index < -0.39 is 0 Å². The third-order valence-electron chi connectivity index (χ3n) is 3.93. The quantitative estimate of drug-likeness (QED) is 0.595. The molecule has 0 fully saturated rings. The van der Waals surface area contributed by atoms with Crippen LogP contribution in [0.15, 0.2) is 36.8 Å². The number of nitrogen functional groups attached to an aromatic ring is 1. The number of anilines is 1. The van der Waals surface area contributed by atoms with Gasteiger partial charge < -0.3 is 10.3 Å². The summed E-state index contributed by atoms with van der Waals surface area (Å²) in [4.78, 5) is 13.3. The molecule has 2 aromatic rings. The van der Waals surface area contributed by atoms with Crippen molar-refractivity contribution in [2.24, 2.45) is 7.05 Å². The second-order valence-corrected chi connectivity index (χ2v) is 6.33. The molecule has 0 saturated heterocycles. The average Bonchev–Trinajstić information content (AvgIpc) is 3.19. The second kappa shape index (κ2) is 6.02. The fourth-order valence-corrected chi connectivity index (χ4v) is 3.15. The van der Waals surface area contributed by atoms with Crippen molar-refractivity contribution in [1.82, 2.24) is 29.3 Å². The summed E-state index contributed by atoms with van der Waals surface area (Å²) in [6.45, 7) is 0.409. The monoisotopic (exact) mass is 373 g/mol. The van der Waals surface area contributed by atoms with E-state index in [9.17, 15) is 0 Å². The molecule has 3 heterocycles. The van der Waals surface area contributed by atoms with Gasteiger partial charge in [0, 0.05) is 28.9 Å². The molecule has 0 bridgehead atoms. The minimum atomic E-state index is 0.317. The molecule has 1 aromatic carbocycles. The highest BCUT2D eigenvalue weighted by atomic mass is 35.5. The fourth-order valence-electron chi connectivity index (χ4n) is 2.63. The van der Waals surface area contributed by atoms with Gasteiger partial charge in [0.1, 0.15) is 5.69 Å². The molecule has 0 radical (unpaired) electrons. The molecule has 2 aliphatic heterocycles. The van der Waals surface area contributed by atoms with Crippen molar-refractivity contribution < 1.29 is 0 Å². The molecule has 1 aromatic heterocycles. The Labute approximate surface area is 153 Å². The predicted molar refractivity (Wildman–Crippen MR) is 96.6 cm³/mol. The predicted octanol–water partition coefficient (Wildman–Crippen LogP) is 3.12. The summed E-state index contributed by atoms with van der Waals surface area (Å²) in [6.07, 6.45) is 3.30. The number of aryl methyl sites for hydroxylation is 1. The molecule has 2 aliphatic rings. The van der Waals surface area contributed by atoms with Gasteiger partial charge in [-0.15, -0.1) is 0 Å². The molecule has 0 aliphatic carbocycles. The molecule has 0 amide bonds. The molecule has 0 unspecified atom stereocenters. The van der Waals surface area contributed by atoms with E-state index in [2.05, 4.69) is 20.1 Å². The van der Waals surface area contributed by atoms with E-state index in [0.717, 1.165) is 11.3 Å². The summed E-state index contributed by atoms with van der Waals surface area (Å²) in [7, 11) is 1.83. The number of nitrogens with two attached hydrogens (primary N) is 1. The zero-order valence-electron chi connectivity index (χ0n) is 13.2. The van der Waals surface area contributed by atoms with Crippen molar-refractivity contribution in [3.63, 3.8) is 0 Å². The SMILES string of the molecule is Cn1nccc1-c1nc2c(N)ncn(Cc3c(Cl)cccc3Cl)c-2n1. The number of halogens is 2. The number of hydrogen-bond donors (Lipinski definition) is 1. The normalized spacial score (nSPS) is 11.3. The largest absolute Gasteiger partial charge is 0.382 e. The number of fused-ring (bicyclic) bond motifs is 1. The average molecular weight is 374 g/mol. The zero-order valence-corrected chi connectivity index (χ0v) is 14.7. The Bertz CT molecular complexity index is 1020. The van der Waals surface area contributed by atoms with E-state index in [1.54, 1.807) is 35.4 Å². The van der Waals surface area contributed by atoms with Gasteiger partial charge in [-0.25, -0.2) is 15.0 Å². The Morgan fingerprint density at radius 2 is 1.88 bits per heavy atom. The second-order valence-electron chi connectivity index (χ2n) is 5.52. The first kappa shape index (κ1) is 15.9. The van der Waals surface area contributed by atoms with Crippen LogP contribution in [0.2, 0.25) is 10.0 Å². The van der Waals surface area contributed by atoms with Crippen molar-refractivity contribution >= 4 is 29.0 Å². The topological polar surface area (TPSA) is 87.4 Å². The van der Waals surface area contributed by atoms with E-state index >= 15 is 0 Å². The summed E-state index contributed by atoms with van der Waals surface area (Å²) < 4.78 is 3.53. The van der Waals surface area contributed by atoms with Gasteiger partial charge in [-0.2, -0.15) is 5.10 Å². The zero-order chi connectivity index (χ0) is 17.6. The van der Waals surface area contributed by atoms with E-state index in [0.29, 0.717) is 39.8 Å². The van der Waals surface area contributed by atoms with Gasteiger partial charge in [-0.3, -0.25) is 4.68 Å². The smallest absolute Gasteiger partial charge is 0.180 e. The Balaban J connectivity index is 1.84. The van der Waals surface area contributed by atoms with Crippen LogP contribution in [0.25, 0.3) is 23.0 Å². The van der Waals surface area contributed by atoms with Crippen LogP contribution in [0, 0.1) is 0 Å². The van der Waals surface area contributed by atoms with Gasteiger partial charge in [-0.05, 0) is 18.2 Å². The molecule has 7 nitrogen and oxygen atoms in total. The minimum absolute atomic E-state index is 0.317. The fraction of sp³-hybridized carbons (Fsp3) is 0.125. The highest BCUT2D eigenvalue weighted by Gasteiger charge is 2.21. The maximum Gasteiger partial charge on any atom is 0.180 e. The number of hydrogen-bond acceptors (Lipinski definition) is 5. The first-order valence-electron chi connectivity index (χ1n) is 7.44. The summed E-state index contributed by atoms with van der Waals surface area (Å²) in [6, 6.07) is 7.23. The van der Waals surface area contributed by atoms with Crippen LogP contribution in [-0.2, 0) is 13.6 Å². The molecular formula is C16H13Cl2N7. The summed E-state index contributed by atoms with van der Waals surface area (Å²) >= 11 is 12.6. The Kier molecular flexibility index (Phi) is 3.82. The van der Waals surface area contributed by atoms with Gasteiger partial charge in [0.2, 0.25) is 0 Å². The van der Waals surface area contributed by atoms with E-state index in [-0.39, 0.29) is 0 Å². The molecule has 9 heteroatoms. The van der Waals surface area contributed by atoms with Crippen molar-refractivity contribution in [3.8, 4) is 23.0 Å². The first-order valence-corrected chi connectivity index (χ1v) is 8.20. The van der Waals surface area contributed by atoms with Crippen LogP contribution in [0.5, 0.6) is 0 Å². The van der Waals surface area contributed by atoms with E-state index in [4.69, 9.17) is 28.9 Å². The molecule has 0 atom stereocenters. The van der Waals surface area contributed by atoms with Crippen molar-refractivity contribution in [2.75, 3.05) is 5.73 Å². The summed E-state index contributed by atoms with van der Waals surface area (Å²) in [5, 5.41) is 5.31. The Morgan fingerprint density at radius 3 is 2.56 bits per heavy atom. The molecule has 126 valence electrons. The van der Waals surface area contributed by atoms with Crippen LogP contribution in [0.1, 0.15) is 5.56 Å². The third kappa shape index (κ3) is 2.71. The molecule has 0 spiro atoms. The molecule has 2 N–H and O–H groups in total. The maximum absolute atomic E-state index is 6.28. The molecule has 25 heavy (non-hydrogen) atoms. The van der Waals surface area contributed by atoms with Crippen LogP contribution in [0.3, 0.4) is 0 Å². The maximum atomic E-state index is 6.28. The van der Waals surface area contributed by atoms with Gasteiger partial charge in [0.05, 0.1) is 12.9 Å². The van der Waals surface area contributed by atoms with Gasteiger partial charge >= 0.3 is 0 Å². The summed E-state index contributed by atoms with van der Waals surface area (Å²) in [5.41, 5.74) is 8.09. The van der Waals surface area contributed by atoms with E-state index in [1.807, 2.05) is 17.7 Å².